The number of aliphatic carboxylic acids is 1. The highest BCUT2D eigenvalue weighted by Gasteiger charge is 2.15. The minimum Gasteiger partial charge on any atom is -0.481 e. The Labute approximate surface area is 123 Å². The van der Waals surface area contributed by atoms with Gasteiger partial charge in [-0.05, 0) is 20.8 Å². The second kappa shape index (κ2) is 9.98. The van der Waals surface area contributed by atoms with Crippen molar-refractivity contribution < 1.29 is 33.7 Å². The van der Waals surface area contributed by atoms with E-state index in [-0.39, 0.29) is 39.2 Å². The number of rotatable bonds is 9. The van der Waals surface area contributed by atoms with Crippen LogP contribution in [0.2, 0.25) is 0 Å². The van der Waals surface area contributed by atoms with Crippen LogP contribution in [0.5, 0.6) is 0 Å². The second-order valence-electron chi connectivity index (χ2n) is 5.16. The average molecular weight is 305 g/mol. The number of ether oxygens (including phenoxy) is 3. The molecule has 0 aliphatic heterocycles. The fraction of sp³-hybridized carbons (Fsp3) is 0.769. The van der Waals surface area contributed by atoms with Gasteiger partial charge in [-0.3, -0.25) is 9.59 Å². The summed E-state index contributed by atoms with van der Waals surface area (Å²) in [6.45, 7) is 6.05. The van der Waals surface area contributed by atoms with Gasteiger partial charge in [-0.1, -0.05) is 0 Å². The highest BCUT2D eigenvalue weighted by Crippen LogP contribution is 2.05. The molecule has 0 saturated heterocycles. The van der Waals surface area contributed by atoms with Crippen LogP contribution in [0.4, 0.5) is 4.79 Å². The SMILES string of the molecule is CC(C)(C)OC(=O)NCCOCCOC(=O)CCC(=O)O. The second-order valence-corrected chi connectivity index (χ2v) is 5.16. The smallest absolute Gasteiger partial charge is 0.407 e. The number of esters is 1. The molecular weight excluding hydrogens is 282 g/mol. The van der Waals surface area contributed by atoms with Crippen molar-refractivity contribution in [2.45, 2.75) is 39.2 Å². The molecule has 0 spiro atoms. The highest BCUT2D eigenvalue weighted by atomic mass is 16.6. The first-order valence-electron chi connectivity index (χ1n) is 6.63. The van der Waals surface area contributed by atoms with Crippen LogP contribution >= 0.6 is 0 Å². The van der Waals surface area contributed by atoms with Crippen LogP contribution < -0.4 is 5.32 Å². The molecule has 0 bridgehead atoms. The number of nitrogens with one attached hydrogen (secondary N) is 1. The molecule has 21 heavy (non-hydrogen) atoms. The molecule has 0 unspecified atom stereocenters. The van der Waals surface area contributed by atoms with E-state index in [0.29, 0.717) is 0 Å². The lowest BCUT2D eigenvalue weighted by Crippen LogP contribution is -2.34. The summed E-state index contributed by atoms with van der Waals surface area (Å²) in [6.07, 6.45) is -0.930. The Morgan fingerprint density at radius 2 is 1.71 bits per heavy atom. The normalized spacial score (nSPS) is 10.8. The van der Waals surface area contributed by atoms with Crippen molar-refractivity contribution in [3.05, 3.63) is 0 Å². The Kier molecular flexibility index (Phi) is 9.11. The first-order valence-corrected chi connectivity index (χ1v) is 6.63. The van der Waals surface area contributed by atoms with Crippen molar-refractivity contribution in [3.8, 4) is 0 Å². The number of carbonyl (C=O) groups is 3. The van der Waals surface area contributed by atoms with Crippen molar-refractivity contribution in [1.29, 1.82) is 0 Å². The fourth-order valence-electron chi connectivity index (χ4n) is 1.14. The molecule has 0 aromatic rings. The first kappa shape index (κ1) is 19.2. The Hall–Kier alpha value is -1.83. The molecule has 0 fully saturated rings. The lowest BCUT2D eigenvalue weighted by atomic mass is 10.2. The molecule has 2 N–H and O–H groups in total. The zero-order valence-electron chi connectivity index (χ0n) is 12.6. The number of carboxylic acid groups (broad SMARTS) is 1. The third-order valence-electron chi connectivity index (χ3n) is 1.95. The van der Waals surface area contributed by atoms with Crippen molar-refractivity contribution in [2.75, 3.05) is 26.4 Å². The van der Waals surface area contributed by atoms with Crippen molar-refractivity contribution in [2.24, 2.45) is 0 Å². The van der Waals surface area contributed by atoms with Crippen LogP contribution in [0.1, 0.15) is 33.6 Å². The summed E-state index contributed by atoms with van der Waals surface area (Å²) < 4.78 is 14.9. The molecule has 0 saturated carbocycles. The van der Waals surface area contributed by atoms with Crippen LogP contribution in [0.15, 0.2) is 0 Å². The first-order chi connectivity index (χ1) is 9.70. The lowest BCUT2D eigenvalue weighted by molar-refractivity contribution is -0.148. The molecule has 1 amide bonds. The molecule has 0 aromatic heterocycles. The predicted octanol–water partition coefficient (Wildman–Crippen LogP) is 0.936. The van der Waals surface area contributed by atoms with Crippen LogP contribution in [0.3, 0.4) is 0 Å². The number of carbonyl (C=O) groups excluding carboxylic acids is 2. The maximum absolute atomic E-state index is 11.3. The summed E-state index contributed by atoms with van der Waals surface area (Å²) in [6, 6.07) is 0. The summed E-state index contributed by atoms with van der Waals surface area (Å²) in [4.78, 5) is 32.5. The topological polar surface area (TPSA) is 111 Å². The van der Waals surface area contributed by atoms with Gasteiger partial charge in [-0.15, -0.1) is 0 Å². The maximum atomic E-state index is 11.3. The largest absolute Gasteiger partial charge is 0.481 e. The van der Waals surface area contributed by atoms with Gasteiger partial charge in [0.15, 0.2) is 0 Å². The van der Waals surface area contributed by atoms with Crippen LogP contribution in [-0.4, -0.2) is 55.1 Å². The molecule has 0 heterocycles. The van der Waals surface area contributed by atoms with Gasteiger partial charge in [0.05, 0.1) is 26.1 Å². The molecule has 8 nitrogen and oxygen atoms in total. The van der Waals surface area contributed by atoms with E-state index in [1.165, 1.54) is 0 Å². The Bertz CT molecular complexity index is 349. The van der Waals surface area contributed by atoms with E-state index in [9.17, 15) is 14.4 Å². The van der Waals surface area contributed by atoms with Crippen molar-refractivity contribution in [1.82, 2.24) is 5.32 Å². The number of alkyl carbamates (subject to hydrolysis) is 1. The molecule has 0 rings (SSSR count). The minimum absolute atomic E-state index is 0.0465. The average Bonchev–Trinajstić information content (AvgIpc) is 2.33. The fourth-order valence-corrected chi connectivity index (χ4v) is 1.14. The zero-order chi connectivity index (χ0) is 16.3. The summed E-state index contributed by atoms with van der Waals surface area (Å²) in [5.41, 5.74) is -0.547. The molecule has 122 valence electrons. The van der Waals surface area contributed by atoms with E-state index in [1.54, 1.807) is 20.8 Å². The number of amides is 1. The molecule has 0 aliphatic carbocycles. The van der Waals surface area contributed by atoms with Gasteiger partial charge in [-0.2, -0.15) is 0 Å². The Balaban J connectivity index is 3.42. The van der Waals surface area contributed by atoms with E-state index < -0.39 is 23.6 Å². The van der Waals surface area contributed by atoms with Crippen LogP contribution in [0, 0.1) is 0 Å². The monoisotopic (exact) mass is 305 g/mol. The van der Waals surface area contributed by atoms with Gasteiger partial charge in [0.2, 0.25) is 0 Å². The van der Waals surface area contributed by atoms with E-state index in [0.717, 1.165) is 0 Å². The molecule has 8 heteroatoms. The van der Waals surface area contributed by atoms with Crippen molar-refractivity contribution in [3.63, 3.8) is 0 Å². The third kappa shape index (κ3) is 14.4. The molecular formula is C13H23NO7. The summed E-state index contributed by atoms with van der Waals surface area (Å²) in [5.74, 6) is -1.62. The van der Waals surface area contributed by atoms with Crippen LogP contribution in [0.25, 0.3) is 0 Å². The number of carboxylic acids is 1. The third-order valence-corrected chi connectivity index (χ3v) is 1.95. The Morgan fingerprint density at radius 3 is 2.29 bits per heavy atom. The standard InChI is InChI=1S/C13H23NO7/c1-13(2,3)21-12(18)14-6-7-19-8-9-20-11(17)5-4-10(15)16/h4-9H2,1-3H3,(H,14,18)(H,15,16). The van der Waals surface area contributed by atoms with Gasteiger partial charge >= 0.3 is 18.0 Å². The van der Waals surface area contributed by atoms with Gasteiger partial charge in [0, 0.05) is 6.54 Å². The molecule has 0 aliphatic rings. The van der Waals surface area contributed by atoms with Gasteiger partial charge in [0.25, 0.3) is 0 Å². The quantitative estimate of drug-likeness (QED) is 0.481. The Morgan fingerprint density at radius 1 is 1.05 bits per heavy atom. The predicted molar refractivity (Wildman–Crippen MR) is 72.9 cm³/mol. The molecule has 0 radical (unpaired) electrons. The van der Waals surface area contributed by atoms with E-state index in [4.69, 9.17) is 19.3 Å². The van der Waals surface area contributed by atoms with E-state index in [1.807, 2.05) is 0 Å². The van der Waals surface area contributed by atoms with E-state index in [2.05, 4.69) is 5.32 Å². The summed E-state index contributed by atoms with van der Waals surface area (Å²) in [5, 5.41) is 10.9. The van der Waals surface area contributed by atoms with Crippen LogP contribution in [-0.2, 0) is 23.8 Å². The number of hydrogen-bond acceptors (Lipinski definition) is 6. The van der Waals surface area contributed by atoms with Gasteiger partial charge in [0.1, 0.15) is 12.2 Å². The molecule has 0 aromatic carbocycles. The summed E-state index contributed by atoms with van der Waals surface area (Å²) >= 11 is 0. The zero-order valence-corrected chi connectivity index (χ0v) is 12.6. The van der Waals surface area contributed by atoms with E-state index >= 15 is 0 Å². The maximum Gasteiger partial charge on any atom is 0.407 e. The molecule has 0 atom stereocenters. The minimum atomic E-state index is -1.04. The number of hydrogen-bond donors (Lipinski definition) is 2. The van der Waals surface area contributed by atoms with Gasteiger partial charge in [-0.25, -0.2) is 4.79 Å². The van der Waals surface area contributed by atoms with Crippen molar-refractivity contribution >= 4 is 18.0 Å². The lowest BCUT2D eigenvalue weighted by Gasteiger charge is -2.19. The van der Waals surface area contributed by atoms with Gasteiger partial charge < -0.3 is 24.6 Å². The summed E-state index contributed by atoms with van der Waals surface area (Å²) in [7, 11) is 0. The highest BCUT2D eigenvalue weighted by molar-refractivity contribution is 5.76.